The number of allylic oxidation sites excluding steroid dienone is 1. The number of carbonyl (C=O) groups is 1. The molecule has 2 aliphatic rings. The van der Waals surface area contributed by atoms with Crippen molar-refractivity contribution in [3.8, 4) is 0 Å². The van der Waals surface area contributed by atoms with Gasteiger partial charge in [-0.3, -0.25) is 4.79 Å². The van der Waals surface area contributed by atoms with Crippen molar-refractivity contribution >= 4 is 5.78 Å². The van der Waals surface area contributed by atoms with Gasteiger partial charge in [-0.1, -0.05) is 0 Å². The van der Waals surface area contributed by atoms with Gasteiger partial charge in [0.25, 0.3) is 0 Å². The molecule has 0 aromatic rings. The smallest absolute Gasteiger partial charge is 0.168 e. The molecule has 0 aliphatic carbocycles. The van der Waals surface area contributed by atoms with E-state index in [0.29, 0.717) is 13.2 Å². The van der Waals surface area contributed by atoms with Crippen molar-refractivity contribution in [1.82, 2.24) is 5.32 Å². The van der Waals surface area contributed by atoms with Gasteiger partial charge in [-0.15, -0.1) is 0 Å². The molecular weight excluding hydrogens is 194 g/mol. The van der Waals surface area contributed by atoms with E-state index in [0.717, 1.165) is 25.0 Å². The summed E-state index contributed by atoms with van der Waals surface area (Å²) in [6, 6.07) is 0.153. The van der Waals surface area contributed by atoms with Gasteiger partial charge in [0.2, 0.25) is 0 Å². The molecule has 2 heterocycles. The van der Waals surface area contributed by atoms with Crippen molar-refractivity contribution in [1.29, 1.82) is 0 Å². The topological polar surface area (TPSA) is 47.6 Å². The van der Waals surface area contributed by atoms with Crippen molar-refractivity contribution in [3.63, 3.8) is 0 Å². The normalized spacial score (nSPS) is 30.9. The van der Waals surface area contributed by atoms with Gasteiger partial charge in [0.15, 0.2) is 5.78 Å². The van der Waals surface area contributed by atoms with E-state index < -0.39 is 0 Å². The summed E-state index contributed by atoms with van der Waals surface area (Å²) < 4.78 is 10.5. The molecule has 0 radical (unpaired) electrons. The molecular formula is C11H17NO3. The molecule has 1 fully saturated rings. The average Bonchev–Trinajstić information content (AvgIpc) is 2.77. The molecule has 0 aromatic carbocycles. The molecule has 4 heteroatoms. The molecule has 0 spiro atoms. The Hall–Kier alpha value is -0.870. The van der Waals surface area contributed by atoms with Gasteiger partial charge in [-0.25, -0.2) is 0 Å². The predicted octanol–water partition coefficient (Wildman–Crippen LogP) is 0.484. The van der Waals surface area contributed by atoms with Gasteiger partial charge in [0, 0.05) is 11.6 Å². The summed E-state index contributed by atoms with van der Waals surface area (Å²) in [5.41, 5.74) is 0.817. The Bertz CT molecular complexity index is 275. The largest absolute Gasteiger partial charge is 0.501 e. The summed E-state index contributed by atoms with van der Waals surface area (Å²) in [6.07, 6.45) is 3.40. The summed E-state index contributed by atoms with van der Waals surface area (Å²) in [4.78, 5) is 12.1. The maximum absolute atomic E-state index is 12.1. The SMILES string of the molecule is CNC1COCC1C(=O)C1=COCCC1. The monoisotopic (exact) mass is 211 g/mol. The Morgan fingerprint density at radius 3 is 3.07 bits per heavy atom. The first-order valence-corrected chi connectivity index (χ1v) is 5.43. The molecule has 1 saturated heterocycles. The number of nitrogens with one attached hydrogen (secondary N) is 1. The zero-order valence-corrected chi connectivity index (χ0v) is 8.99. The lowest BCUT2D eigenvalue weighted by molar-refractivity contribution is -0.120. The number of Topliss-reactive ketones (excluding diaryl/α,β-unsaturated/α-hetero) is 1. The van der Waals surface area contributed by atoms with E-state index in [1.807, 2.05) is 7.05 Å². The summed E-state index contributed by atoms with van der Waals surface area (Å²) >= 11 is 0. The quantitative estimate of drug-likeness (QED) is 0.738. The number of likely N-dealkylation sites (N-methyl/N-ethyl adjacent to an activating group) is 1. The van der Waals surface area contributed by atoms with Crippen LogP contribution in [0.15, 0.2) is 11.8 Å². The van der Waals surface area contributed by atoms with Gasteiger partial charge in [0.05, 0.1) is 32.0 Å². The lowest BCUT2D eigenvalue weighted by atomic mass is 9.91. The van der Waals surface area contributed by atoms with Gasteiger partial charge in [-0.2, -0.15) is 0 Å². The second-order valence-electron chi connectivity index (χ2n) is 4.02. The minimum absolute atomic E-state index is 0.0389. The number of hydrogen-bond acceptors (Lipinski definition) is 4. The Morgan fingerprint density at radius 1 is 1.53 bits per heavy atom. The maximum atomic E-state index is 12.1. The van der Waals surface area contributed by atoms with Crippen molar-refractivity contribution in [3.05, 3.63) is 11.8 Å². The summed E-state index contributed by atoms with van der Waals surface area (Å²) in [6.45, 7) is 1.89. The minimum atomic E-state index is -0.0389. The summed E-state index contributed by atoms with van der Waals surface area (Å²) in [5.74, 6) is 0.148. The molecule has 2 unspecified atom stereocenters. The molecule has 0 saturated carbocycles. The van der Waals surface area contributed by atoms with Crippen LogP contribution in [0.4, 0.5) is 0 Å². The van der Waals surface area contributed by atoms with E-state index in [9.17, 15) is 4.79 Å². The highest BCUT2D eigenvalue weighted by Gasteiger charge is 2.34. The highest BCUT2D eigenvalue weighted by atomic mass is 16.5. The third-order valence-corrected chi connectivity index (χ3v) is 3.04. The van der Waals surface area contributed by atoms with Crippen molar-refractivity contribution in [2.24, 2.45) is 5.92 Å². The van der Waals surface area contributed by atoms with Crippen LogP contribution in [0.1, 0.15) is 12.8 Å². The lowest BCUT2D eigenvalue weighted by Gasteiger charge is -2.19. The van der Waals surface area contributed by atoms with Crippen LogP contribution in [-0.2, 0) is 14.3 Å². The van der Waals surface area contributed by atoms with Crippen molar-refractivity contribution < 1.29 is 14.3 Å². The summed E-state index contributed by atoms with van der Waals surface area (Å²) in [5, 5.41) is 3.12. The maximum Gasteiger partial charge on any atom is 0.168 e. The highest BCUT2D eigenvalue weighted by molar-refractivity contribution is 5.97. The van der Waals surface area contributed by atoms with Gasteiger partial charge < -0.3 is 14.8 Å². The van der Waals surface area contributed by atoms with E-state index >= 15 is 0 Å². The molecule has 0 bridgehead atoms. The van der Waals surface area contributed by atoms with Crippen LogP contribution in [0.25, 0.3) is 0 Å². The third-order valence-electron chi connectivity index (χ3n) is 3.04. The summed E-state index contributed by atoms with van der Waals surface area (Å²) in [7, 11) is 1.87. The van der Waals surface area contributed by atoms with Crippen LogP contribution in [-0.4, -0.2) is 38.7 Å². The Morgan fingerprint density at radius 2 is 2.40 bits per heavy atom. The number of carbonyl (C=O) groups excluding carboxylic acids is 1. The second kappa shape index (κ2) is 4.77. The lowest BCUT2D eigenvalue weighted by Crippen LogP contribution is -2.37. The van der Waals surface area contributed by atoms with E-state index in [2.05, 4.69) is 5.32 Å². The number of ether oxygens (including phenoxy) is 2. The molecule has 2 aliphatic heterocycles. The first kappa shape index (κ1) is 10.6. The second-order valence-corrected chi connectivity index (χ2v) is 4.02. The molecule has 84 valence electrons. The molecule has 2 atom stereocenters. The van der Waals surface area contributed by atoms with Crippen LogP contribution in [0.2, 0.25) is 0 Å². The first-order chi connectivity index (χ1) is 7.33. The van der Waals surface area contributed by atoms with E-state index in [4.69, 9.17) is 9.47 Å². The van der Waals surface area contributed by atoms with Crippen LogP contribution in [0, 0.1) is 5.92 Å². The Kier molecular flexibility index (Phi) is 3.38. The van der Waals surface area contributed by atoms with Crippen molar-refractivity contribution in [2.45, 2.75) is 18.9 Å². The molecule has 0 aromatic heterocycles. The minimum Gasteiger partial charge on any atom is -0.501 e. The van der Waals surface area contributed by atoms with E-state index in [1.165, 1.54) is 0 Å². The number of rotatable bonds is 3. The fraction of sp³-hybridized carbons (Fsp3) is 0.727. The standard InChI is InChI=1S/C11H17NO3/c1-12-10-7-15-6-9(10)11(13)8-3-2-4-14-5-8/h5,9-10,12H,2-4,6-7H2,1H3. The van der Waals surface area contributed by atoms with Crippen LogP contribution in [0.3, 0.4) is 0 Å². The molecule has 2 rings (SSSR count). The fourth-order valence-corrected chi connectivity index (χ4v) is 2.08. The molecule has 1 N–H and O–H groups in total. The van der Waals surface area contributed by atoms with Gasteiger partial charge in [0.1, 0.15) is 0 Å². The van der Waals surface area contributed by atoms with Gasteiger partial charge >= 0.3 is 0 Å². The van der Waals surface area contributed by atoms with Crippen LogP contribution < -0.4 is 5.32 Å². The number of ketones is 1. The number of hydrogen-bond donors (Lipinski definition) is 1. The first-order valence-electron chi connectivity index (χ1n) is 5.43. The Balaban J connectivity index is 2.03. The van der Waals surface area contributed by atoms with Crippen molar-refractivity contribution in [2.75, 3.05) is 26.9 Å². The van der Waals surface area contributed by atoms with Crippen LogP contribution in [0.5, 0.6) is 0 Å². The fourth-order valence-electron chi connectivity index (χ4n) is 2.08. The molecule has 0 amide bonds. The van der Waals surface area contributed by atoms with Crippen LogP contribution >= 0.6 is 0 Å². The predicted molar refractivity (Wildman–Crippen MR) is 55.4 cm³/mol. The Labute approximate surface area is 89.6 Å². The van der Waals surface area contributed by atoms with E-state index in [1.54, 1.807) is 6.26 Å². The highest BCUT2D eigenvalue weighted by Crippen LogP contribution is 2.22. The van der Waals surface area contributed by atoms with Gasteiger partial charge in [-0.05, 0) is 19.9 Å². The zero-order chi connectivity index (χ0) is 10.7. The van der Waals surface area contributed by atoms with E-state index in [-0.39, 0.29) is 17.7 Å². The third kappa shape index (κ3) is 2.21. The zero-order valence-electron chi connectivity index (χ0n) is 8.99. The average molecular weight is 211 g/mol. The molecule has 15 heavy (non-hydrogen) atoms. The molecule has 4 nitrogen and oxygen atoms in total.